The molecule has 5 N–H and O–H groups in total. The molecule has 0 aromatic heterocycles. The number of carboxylic acids is 1. The van der Waals surface area contributed by atoms with Crippen LogP contribution in [-0.2, 0) is 4.79 Å². The number of amides is 2. The molecule has 0 heterocycles. The van der Waals surface area contributed by atoms with Crippen LogP contribution in [0.2, 0.25) is 0 Å². The Balaban J connectivity index is 4.31. The van der Waals surface area contributed by atoms with Crippen molar-refractivity contribution in [3.8, 4) is 0 Å². The molecule has 0 bridgehead atoms. The molecule has 0 aliphatic rings. The Hall–Kier alpha value is -1.30. The first-order valence-electron chi connectivity index (χ1n) is 4.76. The first-order chi connectivity index (χ1) is 6.79. The average Bonchev–Trinajstić information content (AvgIpc) is 2.08. The lowest BCUT2D eigenvalue weighted by Crippen LogP contribution is -2.52. The van der Waals surface area contributed by atoms with Crippen LogP contribution < -0.4 is 16.4 Å². The van der Waals surface area contributed by atoms with Gasteiger partial charge in [-0.05, 0) is 5.41 Å². The van der Waals surface area contributed by atoms with Crippen molar-refractivity contribution in [2.75, 3.05) is 13.1 Å². The molecule has 0 saturated heterocycles. The lowest BCUT2D eigenvalue weighted by Gasteiger charge is -2.27. The van der Waals surface area contributed by atoms with Gasteiger partial charge in [-0.15, -0.1) is 0 Å². The van der Waals surface area contributed by atoms with E-state index >= 15 is 0 Å². The van der Waals surface area contributed by atoms with Crippen LogP contribution in [0, 0.1) is 5.41 Å². The van der Waals surface area contributed by atoms with E-state index in [-0.39, 0.29) is 0 Å². The standard InChI is InChI=1S/C9H19N3O3/c1-9(2,3)6(7(13)14)12-8(15)11-5-4-10/h6H,4-5,10H2,1-3H3,(H,13,14)(H2,11,12,15)/t6-/m0/s1. The van der Waals surface area contributed by atoms with Crippen molar-refractivity contribution < 1.29 is 14.7 Å². The van der Waals surface area contributed by atoms with Crippen molar-refractivity contribution in [1.29, 1.82) is 0 Å². The van der Waals surface area contributed by atoms with Gasteiger partial charge in [0.05, 0.1) is 0 Å². The second-order valence-corrected chi connectivity index (χ2v) is 4.33. The molecule has 0 spiro atoms. The number of nitrogens with two attached hydrogens (primary N) is 1. The molecule has 0 saturated carbocycles. The van der Waals surface area contributed by atoms with Gasteiger partial charge in [-0.3, -0.25) is 0 Å². The summed E-state index contributed by atoms with van der Waals surface area (Å²) in [4.78, 5) is 22.1. The summed E-state index contributed by atoms with van der Waals surface area (Å²) in [6, 6.07) is -1.43. The summed E-state index contributed by atoms with van der Waals surface area (Å²) < 4.78 is 0. The van der Waals surface area contributed by atoms with E-state index in [0.717, 1.165) is 0 Å². The topological polar surface area (TPSA) is 104 Å². The summed E-state index contributed by atoms with van der Waals surface area (Å²) in [6.45, 7) is 5.88. The molecule has 0 fully saturated rings. The van der Waals surface area contributed by atoms with E-state index in [1.807, 2.05) is 0 Å². The number of carbonyl (C=O) groups excluding carboxylic acids is 1. The van der Waals surface area contributed by atoms with E-state index in [1.165, 1.54) is 0 Å². The minimum atomic E-state index is -1.05. The second-order valence-electron chi connectivity index (χ2n) is 4.33. The largest absolute Gasteiger partial charge is 0.480 e. The van der Waals surface area contributed by atoms with Gasteiger partial charge in [0.1, 0.15) is 6.04 Å². The number of urea groups is 1. The molecular formula is C9H19N3O3. The number of hydrogen-bond donors (Lipinski definition) is 4. The highest BCUT2D eigenvalue weighted by Gasteiger charge is 2.32. The molecule has 2 amide bonds. The summed E-state index contributed by atoms with van der Waals surface area (Å²) in [6.07, 6.45) is 0. The van der Waals surface area contributed by atoms with E-state index < -0.39 is 23.5 Å². The van der Waals surface area contributed by atoms with Gasteiger partial charge in [0.2, 0.25) is 0 Å². The molecule has 0 aliphatic heterocycles. The van der Waals surface area contributed by atoms with E-state index in [2.05, 4.69) is 10.6 Å². The number of rotatable bonds is 4. The monoisotopic (exact) mass is 217 g/mol. The minimum Gasteiger partial charge on any atom is -0.480 e. The first kappa shape index (κ1) is 13.7. The van der Waals surface area contributed by atoms with E-state index in [4.69, 9.17) is 10.8 Å². The van der Waals surface area contributed by atoms with Gasteiger partial charge in [0.25, 0.3) is 0 Å². The molecule has 0 aromatic rings. The molecule has 15 heavy (non-hydrogen) atoms. The third-order valence-electron chi connectivity index (χ3n) is 1.82. The van der Waals surface area contributed by atoms with Gasteiger partial charge in [-0.1, -0.05) is 20.8 Å². The highest BCUT2D eigenvalue weighted by atomic mass is 16.4. The summed E-state index contributed by atoms with van der Waals surface area (Å²) in [7, 11) is 0. The Labute approximate surface area is 89.2 Å². The molecule has 0 aliphatic carbocycles. The van der Waals surface area contributed by atoms with E-state index in [9.17, 15) is 9.59 Å². The van der Waals surface area contributed by atoms with E-state index in [1.54, 1.807) is 20.8 Å². The average molecular weight is 217 g/mol. The summed E-state index contributed by atoms with van der Waals surface area (Å²) >= 11 is 0. The van der Waals surface area contributed by atoms with Gasteiger partial charge in [0.15, 0.2) is 0 Å². The predicted molar refractivity (Wildman–Crippen MR) is 56.5 cm³/mol. The van der Waals surface area contributed by atoms with Crippen LogP contribution in [0.25, 0.3) is 0 Å². The van der Waals surface area contributed by atoms with Gasteiger partial charge in [0, 0.05) is 13.1 Å². The van der Waals surface area contributed by atoms with Crippen LogP contribution in [0.5, 0.6) is 0 Å². The maximum Gasteiger partial charge on any atom is 0.326 e. The van der Waals surface area contributed by atoms with Crippen LogP contribution in [-0.4, -0.2) is 36.2 Å². The van der Waals surface area contributed by atoms with Crippen LogP contribution in [0.1, 0.15) is 20.8 Å². The van der Waals surface area contributed by atoms with Gasteiger partial charge in [-0.2, -0.15) is 0 Å². The Kier molecular flexibility index (Phi) is 5.07. The van der Waals surface area contributed by atoms with Gasteiger partial charge < -0.3 is 21.5 Å². The molecule has 6 heteroatoms. The minimum absolute atomic E-state index is 0.320. The predicted octanol–water partition coefficient (Wildman–Crippen LogP) is -0.256. The number of carboxylic acid groups (broad SMARTS) is 1. The van der Waals surface area contributed by atoms with Crippen LogP contribution >= 0.6 is 0 Å². The third kappa shape index (κ3) is 5.21. The fourth-order valence-electron chi connectivity index (χ4n) is 1.02. The second kappa shape index (κ2) is 5.55. The molecule has 0 aromatic carbocycles. The molecular weight excluding hydrogens is 198 g/mol. The highest BCUT2D eigenvalue weighted by Crippen LogP contribution is 2.19. The zero-order valence-electron chi connectivity index (χ0n) is 9.33. The van der Waals surface area contributed by atoms with Crippen LogP contribution in [0.4, 0.5) is 4.79 Å². The normalized spacial score (nSPS) is 13.1. The Morgan fingerprint density at radius 3 is 2.27 bits per heavy atom. The van der Waals surface area contributed by atoms with Crippen molar-refractivity contribution >= 4 is 12.0 Å². The van der Waals surface area contributed by atoms with Gasteiger partial charge in [-0.25, -0.2) is 9.59 Å². The quantitative estimate of drug-likeness (QED) is 0.521. The van der Waals surface area contributed by atoms with Crippen molar-refractivity contribution in [3.05, 3.63) is 0 Å². The lowest BCUT2D eigenvalue weighted by atomic mass is 9.87. The smallest absolute Gasteiger partial charge is 0.326 e. The van der Waals surface area contributed by atoms with Crippen molar-refractivity contribution in [3.63, 3.8) is 0 Å². The van der Waals surface area contributed by atoms with Crippen molar-refractivity contribution in [1.82, 2.24) is 10.6 Å². The van der Waals surface area contributed by atoms with E-state index in [0.29, 0.717) is 13.1 Å². The van der Waals surface area contributed by atoms with Gasteiger partial charge >= 0.3 is 12.0 Å². The third-order valence-corrected chi connectivity index (χ3v) is 1.82. The number of hydrogen-bond acceptors (Lipinski definition) is 3. The Morgan fingerprint density at radius 2 is 1.93 bits per heavy atom. The van der Waals surface area contributed by atoms with Crippen LogP contribution in [0.3, 0.4) is 0 Å². The zero-order valence-corrected chi connectivity index (χ0v) is 9.33. The Morgan fingerprint density at radius 1 is 1.40 bits per heavy atom. The maximum atomic E-state index is 11.2. The summed E-state index contributed by atoms with van der Waals surface area (Å²) in [5, 5.41) is 13.8. The first-order valence-corrected chi connectivity index (χ1v) is 4.76. The molecule has 1 atom stereocenters. The molecule has 88 valence electrons. The highest BCUT2D eigenvalue weighted by molar-refractivity contribution is 5.83. The molecule has 0 radical (unpaired) electrons. The van der Waals surface area contributed by atoms with Crippen LogP contribution in [0.15, 0.2) is 0 Å². The number of nitrogens with one attached hydrogen (secondary N) is 2. The fraction of sp³-hybridized carbons (Fsp3) is 0.778. The Bertz CT molecular complexity index is 235. The van der Waals surface area contributed by atoms with Crippen molar-refractivity contribution in [2.24, 2.45) is 11.1 Å². The molecule has 0 unspecified atom stereocenters. The van der Waals surface area contributed by atoms with Crippen molar-refractivity contribution in [2.45, 2.75) is 26.8 Å². The number of carbonyl (C=O) groups is 2. The lowest BCUT2D eigenvalue weighted by molar-refractivity contribution is -0.141. The maximum absolute atomic E-state index is 11.2. The molecule has 0 rings (SSSR count). The SMILES string of the molecule is CC(C)(C)[C@@H](NC(=O)NCCN)C(=O)O. The number of aliphatic carboxylic acids is 1. The molecule has 6 nitrogen and oxygen atoms in total. The summed E-state index contributed by atoms with van der Waals surface area (Å²) in [5.74, 6) is -1.05. The fourth-order valence-corrected chi connectivity index (χ4v) is 1.02. The zero-order chi connectivity index (χ0) is 12.1. The summed E-state index contributed by atoms with van der Waals surface area (Å²) in [5.41, 5.74) is 4.66.